The number of aromatic amines is 1. The van der Waals surface area contributed by atoms with Crippen LogP contribution in [0.15, 0.2) is 69.0 Å². The SMILES string of the molecule is CCCCCCCCN(CCCCCCCC)c1ccc(N=Nc2c(C#N)c(C(C)(C)C)nn2C2CCS(=O)(=O)C2)c(NC(C)=O)c1.CCCCCCCCN(CCCCCCCC)c1ccc(N=Nc2n[nH]c(C(C)(C)C)c2C#N)c(NC(C)=O)c1.O=S1(=O)CC=CC1.[2H]CC(C)=O. The summed E-state index contributed by atoms with van der Waals surface area (Å²) in [4.78, 5) is 38.9. The molecule has 2 amide bonds. The Labute approximate surface area is 590 Å². The van der Waals surface area contributed by atoms with Gasteiger partial charge in [0, 0.05) is 63.6 Å². The van der Waals surface area contributed by atoms with Crippen LogP contribution in [-0.4, -0.2) is 104 Å². The fraction of sp³-hybridized carbons (Fsp3) is 0.667. The lowest BCUT2D eigenvalue weighted by Crippen LogP contribution is -2.26. The van der Waals surface area contributed by atoms with Crippen LogP contribution in [0, 0.1) is 22.7 Å². The van der Waals surface area contributed by atoms with Gasteiger partial charge in [0.05, 0.1) is 51.8 Å². The van der Waals surface area contributed by atoms with Crippen LogP contribution >= 0.6 is 0 Å². The molecule has 2 aliphatic rings. The fourth-order valence-electron chi connectivity index (χ4n) is 11.4. The minimum Gasteiger partial charge on any atom is -0.371 e. The molecule has 0 spiro atoms. The van der Waals surface area contributed by atoms with Gasteiger partial charge < -0.3 is 25.2 Å². The number of nitrogens with zero attached hydrogens (tertiary/aromatic N) is 11. The molecule has 6 rings (SSSR count). The van der Waals surface area contributed by atoms with Gasteiger partial charge in [-0.05, 0) is 82.3 Å². The van der Waals surface area contributed by atoms with Crippen LogP contribution in [-0.2, 0) is 44.9 Å². The zero-order chi connectivity index (χ0) is 73.4. The average molecular weight is 1400 g/mol. The number of nitriles is 2. The highest BCUT2D eigenvalue weighted by Crippen LogP contribution is 2.39. The summed E-state index contributed by atoms with van der Waals surface area (Å²) in [6.45, 7) is 29.1. The van der Waals surface area contributed by atoms with Gasteiger partial charge in [0.1, 0.15) is 40.4 Å². The number of rotatable bonds is 37. The molecule has 3 N–H and O–H groups in total. The van der Waals surface area contributed by atoms with Gasteiger partial charge in [-0.1, -0.05) is 210 Å². The Bertz CT molecular complexity index is 3470. The van der Waals surface area contributed by atoms with Crippen molar-refractivity contribution >= 4 is 83.0 Å². The molecule has 23 heteroatoms. The minimum absolute atomic E-state index is 0.0511. The van der Waals surface area contributed by atoms with Crippen molar-refractivity contribution in [3.05, 3.63) is 71.1 Å². The molecule has 1 fully saturated rings. The number of azo groups is 2. The maximum atomic E-state index is 12.3. The van der Waals surface area contributed by atoms with E-state index in [2.05, 4.69) is 97.0 Å². The molecule has 2 aromatic carbocycles. The van der Waals surface area contributed by atoms with Crippen LogP contribution in [0.25, 0.3) is 0 Å². The van der Waals surface area contributed by atoms with Crippen LogP contribution in [0.2, 0.25) is 0 Å². The highest BCUT2D eigenvalue weighted by molar-refractivity contribution is 7.92. The van der Waals surface area contributed by atoms with Crippen molar-refractivity contribution in [3.63, 3.8) is 0 Å². The van der Waals surface area contributed by atoms with Crippen molar-refractivity contribution in [1.29, 1.82) is 10.5 Å². The van der Waals surface area contributed by atoms with Crippen LogP contribution in [0.1, 0.15) is 287 Å². The van der Waals surface area contributed by atoms with E-state index in [1.807, 2.05) is 71.9 Å². The Morgan fingerprint density at radius 1 is 0.592 bits per heavy atom. The Kier molecular flexibility index (Phi) is 38.1. The monoisotopic (exact) mass is 1390 g/mol. The third kappa shape index (κ3) is 32.3. The smallest absolute Gasteiger partial charge is 0.221 e. The molecule has 0 radical (unpaired) electrons. The molecule has 1 saturated heterocycles. The molecule has 0 saturated carbocycles. The van der Waals surface area contributed by atoms with Gasteiger partial charge in [0.2, 0.25) is 17.6 Å². The molecule has 98 heavy (non-hydrogen) atoms. The number of carbonyl (C=O) groups is 3. The second-order valence-corrected chi connectivity index (χ2v) is 32.4. The van der Waals surface area contributed by atoms with Crippen molar-refractivity contribution < 1.29 is 32.6 Å². The van der Waals surface area contributed by atoms with Crippen LogP contribution in [0.3, 0.4) is 0 Å². The Morgan fingerprint density at radius 3 is 1.32 bits per heavy atom. The molecule has 2 aromatic heterocycles. The number of sulfone groups is 2. The first-order valence-electron chi connectivity index (χ1n) is 36.8. The van der Waals surface area contributed by atoms with Gasteiger partial charge in [-0.15, -0.1) is 20.5 Å². The number of unbranched alkanes of at least 4 members (excludes halogenated alkanes) is 20. The summed E-state index contributed by atoms with van der Waals surface area (Å²) >= 11 is 0. The summed E-state index contributed by atoms with van der Waals surface area (Å²) in [5, 5.41) is 55.4. The van der Waals surface area contributed by atoms with Crippen molar-refractivity contribution in [1.82, 2.24) is 20.0 Å². The number of ketones is 1. The van der Waals surface area contributed by atoms with Crippen molar-refractivity contribution in [2.75, 3.05) is 69.6 Å². The van der Waals surface area contributed by atoms with E-state index in [0.717, 1.165) is 68.9 Å². The zero-order valence-corrected chi connectivity index (χ0v) is 63.5. The molecular weight excluding hydrogens is 1270 g/mol. The van der Waals surface area contributed by atoms with E-state index in [1.165, 1.54) is 149 Å². The van der Waals surface area contributed by atoms with Crippen LogP contribution < -0.4 is 20.4 Å². The van der Waals surface area contributed by atoms with E-state index < -0.39 is 31.1 Å². The molecular formula is C75H120N14O7S2. The molecule has 1 atom stereocenters. The topological polar surface area (TPSA) is 294 Å². The predicted octanol–water partition coefficient (Wildman–Crippen LogP) is 19.4. The summed E-state index contributed by atoms with van der Waals surface area (Å²) in [5.41, 5.74) is 5.45. The fourth-order valence-corrected chi connectivity index (χ4v) is 14.1. The Hall–Kier alpha value is -7.11. The van der Waals surface area contributed by atoms with Crippen molar-refractivity contribution in [3.8, 4) is 12.1 Å². The van der Waals surface area contributed by atoms with E-state index in [4.69, 9.17) is 6.47 Å². The molecule has 544 valence electrons. The number of Topliss-reactive ketones (excluding diaryl/α,β-unsaturated/α-hetero) is 1. The third-order valence-corrected chi connectivity index (χ3v) is 19.8. The second-order valence-electron chi connectivity index (χ2n) is 28.0. The van der Waals surface area contributed by atoms with Crippen LogP contribution in [0.5, 0.6) is 0 Å². The van der Waals surface area contributed by atoms with Gasteiger partial charge >= 0.3 is 0 Å². The average Bonchev–Trinajstić information content (AvgIpc) is 1.63. The van der Waals surface area contributed by atoms with E-state index in [0.29, 0.717) is 40.4 Å². The van der Waals surface area contributed by atoms with Crippen LogP contribution in [0.4, 0.5) is 45.8 Å². The first-order chi connectivity index (χ1) is 47.1. The summed E-state index contributed by atoms with van der Waals surface area (Å²) in [6, 6.07) is 15.8. The zero-order valence-electron chi connectivity index (χ0n) is 62.8. The Morgan fingerprint density at radius 2 is 0.990 bits per heavy atom. The number of carbonyl (C=O) groups excluding carboxylic acids is 3. The van der Waals surface area contributed by atoms with Crippen molar-refractivity contribution in [2.24, 2.45) is 20.5 Å². The third-order valence-electron chi connectivity index (χ3n) is 16.7. The Balaban J connectivity index is 0.000000443. The van der Waals surface area contributed by atoms with Crippen molar-refractivity contribution in [2.45, 2.75) is 274 Å². The normalized spacial score (nSPS) is 14.7. The first kappa shape index (κ1) is 83.3. The molecule has 0 aliphatic carbocycles. The summed E-state index contributed by atoms with van der Waals surface area (Å²) in [6.07, 6.45) is 33.6. The largest absolute Gasteiger partial charge is 0.371 e. The van der Waals surface area contributed by atoms with E-state index in [-0.39, 0.29) is 70.1 Å². The lowest BCUT2D eigenvalue weighted by Gasteiger charge is -2.26. The van der Waals surface area contributed by atoms with E-state index >= 15 is 0 Å². The van der Waals surface area contributed by atoms with Gasteiger partial charge in [-0.25, -0.2) is 21.5 Å². The molecule has 4 aromatic rings. The standard InChI is InChI=1S/C36H57N7O3S.C32H51N7O.C4H6O2S.C3H6O/c1-7-9-11-13-15-17-22-42(23-18-16-14-12-10-8-2)29-19-20-32(33(25-29)38-28(3)44)39-40-35-31(26-37)34(36(4,5)6)41-43(35)30-21-24-47(45,46)27-30;1-7-9-11-13-15-17-21-39(22-18-16-14-12-10-8-2)26-19-20-28(29(23-26)34-25(3)40)35-37-31-27(24-33)30(36-38-31)32(4,5)6;5-7(6)3-1-2-4-7;1-3(2)4/h19-20,25,30H,7-18,21-24,27H2,1-6H3,(H,38,44);19-20,23H,7-18,21-22H2,1-6H3,(H,34,40)(H,36,38);1-2H,3-4H2;1-2H3/i;;;1D. The molecule has 4 heterocycles. The van der Waals surface area contributed by atoms with Gasteiger partial charge in [0.25, 0.3) is 0 Å². The number of amides is 2. The highest BCUT2D eigenvalue weighted by atomic mass is 32.2. The first-order valence-corrected chi connectivity index (χ1v) is 39.8. The molecule has 1 unspecified atom stereocenters. The molecule has 2 aliphatic heterocycles. The van der Waals surface area contributed by atoms with E-state index in [9.17, 15) is 41.7 Å². The van der Waals surface area contributed by atoms with Gasteiger partial charge in [0.15, 0.2) is 25.5 Å². The minimum atomic E-state index is -3.20. The number of hydrogen-bond donors (Lipinski definition) is 3. The second kappa shape index (κ2) is 44.8. The number of hydrogen-bond acceptors (Lipinski definition) is 17. The van der Waals surface area contributed by atoms with Gasteiger partial charge in [-0.3, -0.25) is 14.7 Å². The molecule has 21 nitrogen and oxygen atoms in total. The summed E-state index contributed by atoms with van der Waals surface area (Å²) in [5.74, 6) is 0.534. The number of H-pyrrole nitrogens is 1. The number of benzene rings is 2. The predicted molar refractivity (Wildman–Crippen MR) is 402 cm³/mol. The number of nitrogens with one attached hydrogen (secondary N) is 3. The lowest BCUT2D eigenvalue weighted by atomic mass is 9.89. The number of aromatic nitrogens is 4. The highest BCUT2D eigenvalue weighted by Gasteiger charge is 2.36. The summed E-state index contributed by atoms with van der Waals surface area (Å²) < 4.78 is 53.3. The quantitative estimate of drug-likeness (QED) is 0.0215. The molecule has 0 bridgehead atoms. The maximum absolute atomic E-state index is 12.3. The van der Waals surface area contributed by atoms with E-state index in [1.54, 1.807) is 16.8 Å². The summed E-state index contributed by atoms with van der Waals surface area (Å²) in [7, 11) is -5.86. The van der Waals surface area contributed by atoms with Gasteiger partial charge in [-0.2, -0.15) is 20.7 Å². The lowest BCUT2D eigenvalue weighted by molar-refractivity contribution is -0.115. The maximum Gasteiger partial charge on any atom is 0.221 e. The number of anilines is 4.